The number of hydrogen-bond acceptors (Lipinski definition) is 2. The first-order valence-electron chi connectivity index (χ1n) is 3.60. The summed E-state index contributed by atoms with van der Waals surface area (Å²) in [7, 11) is 0. The van der Waals surface area contributed by atoms with Crippen molar-refractivity contribution in [2.45, 2.75) is 18.4 Å². The Morgan fingerprint density at radius 2 is 2.27 bits per heavy atom. The average Bonchev–Trinajstić information content (AvgIpc) is 2.61. The molecule has 2 N–H and O–H groups in total. The van der Waals surface area contributed by atoms with Gasteiger partial charge in [0.1, 0.15) is 0 Å². The molecule has 0 saturated heterocycles. The SMILES string of the molecule is C#Cc1ccc(C2(N)CC2)s1. The molecule has 0 unspecified atom stereocenters. The summed E-state index contributed by atoms with van der Waals surface area (Å²) in [5, 5.41) is 0. The Morgan fingerprint density at radius 1 is 1.55 bits per heavy atom. The van der Waals surface area contributed by atoms with Gasteiger partial charge in [-0.15, -0.1) is 17.8 Å². The zero-order valence-electron chi connectivity index (χ0n) is 6.13. The molecule has 1 saturated carbocycles. The molecule has 1 aromatic rings. The van der Waals surface area contributed by atoms with Crippen molar-refractivity contribution in [2.24, 2.45) is 5.73 Å². The van der Waals surface area contributed by atoms with E-state index in [4.69, 9.17) is 12.2 Å². The molecule has 2 rings (SSSR count). The van der Waals surface area contributed by atoms with Crippen LogP contribution in [0, 0.1) is 12.3 Å². The van der Waals surface area contributed by atoms with Crippen LogP contribution in [0.2, 0.25) is 0 Å². The minimum Gasteiger partial charge on any atom is -0.321 e. The van der Waals surface area contributed by atoms with Crippen molar-refractivity contribution in [3.8, 4) is 12.3 Å². The summed E-state index contributed by atoms with van der Waals surface area (Å²) in [5.41, 5.74) is 5.96. The van der Waals surface area contributed by atoms with Gasteiger partial charge in [0.15, 0.2) is 0 Å². The van der Waals surface area contributed by atoms with Gasteiger partial charge in [0.2, 0.25) is 0 Å². The van der Waals surface area contributed by atoms with E-state index in [0.29, 0.717) is 0 Å². The molecule has 1 aromatic heterocycles. The lowest BCUT2D eigenvalue weighted by Gasteiger charge is -2.02. The van der Waals surface area contributed by atoms with E-state index in [9.17, 15) is 0 Å². The zero-order valence-corrected chi connectivity index (χ0v) is 6.95. The molecule has 1 aliphatic carbocycles. The Morgan fingerprint density at radius 3 is 2.73 bits per heavy atom. The Kier molecular flexibility index (Phi) is 1.32. The van der Waals surface area contributed by atoms with E-state index >= 15 is 0 Å². The fourth-order valence-corrected chi connectivity index (χ4v) is 2.04. The number of rotatable bonds is 1. The van der Waals surface area contributed by atoms with Crippen LogP contribution >= 0.6 is 11.3 Å². The highest BCUT2D eigenvalue weighted by Gasteiger charge is 2.41. The predicted molar refractivity (Wildman–Crippen MR) is 47.4 cm³/mol. The van der Waals surface area contributed by atoms with Crippen LogP contribution in [-0.2, 0) is 5.54 Å². The summed E-state index contributed by atoms with van der Waals surface area (Å²) in [4.78, 5) is 2.22. The van der Waals surface area contributed by atoms with Gasteiger partial charge < -0.3 is 5.73 Å². The fraction of sp³-hybridized carbons (Fsp3) is 0.333. The Hall–Kier alpha value is -0.780. The highest BCUT2D eigenvalue weighted by atomic mass is 32.1. The molecule has 0 atom stereocenters. The highest BCUT2D eigenvalue weighted by molar-refractivity contribution is 7.12. The van der Waals surface area contributed by atoms with Crippen LogP contribution in [0.1, 0.15) is 22.6 Å². The molecule has 0 aliphatic heterocycles. The average molecular weight is 163 g/mol. The van der Waals surface area contributed by atoms with Gasteiger partial charge in [-0.25, -0.2) is 0 Å². The molecule has 56 valence electrons. The molecule has 2 heteroatoms. The van der Waals surface area contributed by atoms with Gasteiger partial charge >= 0.3 is 0 Å². The molecule has 0 spiro atoms. The van der Waals surface area contributed by atoms with Gasteiger partial charge in [-0.05, 0) is 25.0 Å². The van der Waals surface area contributed by atoms with Crippen molar-refractivity contribution in [2.75, 3.05) is 0 Å². The van der Waals surface area contributed by atoms with Crippen molar-refractivity contribution in [3.63, 3.8) is 0 Å². The van der Waals surface area contributed by atoms with Gasteiger partial charge in [0.25, 0.3) is 0 Å². The Labute approximate surface area is 70.2 Å². The summed E-state index contributed by atoms with van der Waals surface area (Å²) in [6.07, 6.45) is 7.46. The van der Waals surface area contributed by atoms with Gasteiger partial charge in [0, 0.05) is 4.88 Å². The molecule has 0 radical (unpaired) electrons. The molecular weight excluding hydrogens is 154 g/mol. The van der Waals surface area contributed by atoms with Gasteiger partial charge in [-0.1, -0.05) is 5.92 Å². The van der Waals surface area contributed by atoms with Crippen molar-refractivity contribution in [3.05, 3.63) is 21.9 Å². The van der Waals surface area contributed by atoms with E-state index in [-0.39, 0.29) is 5.54 Å². The van der Waals surface area contributed by atoms with E-state index in [0.717, 1.165) is 17.7 Å². The lowest BCUT2D eigenvalue weighted by Crippen LogP contribution is -2.16. The molecule has 0 bridgehead atoms. The summed E-state index contributed by atoms with van der Waals surface area (Å²) >= 11 is 1.64. The van der Waals surface area contributed by atoms with Crippen LogP contribution in [0.4, 0.5) is 0 Å². The third kappa shape index (κ3) is 1.07. The maximum absolute atomic E-state index is 5.98. The van der Waals surface area contributed by atoms with Gasteiger partial charge in [-0.3, -0.25) is 0 Å². The minimum absolute atomic E-state index is 0.0141. The standard InChI is InChI=1S/C9H9NS/c1-2-7-3-4-8(11-7)9(10)5-6-9/h1,3-4H,5-6,10H2. The minimum atomic E-state index is -0.0141. The topological polar surface area (TPSA) is 26.0 Å². The maximum atomic E-state index is 5.98. The summed E-state index contributed by atoms with van der Waals surface area (Å²) in [6.45, 7) is 0. The second-order valence-electron chi connectivity index (χ2n) is 2.96. The molecule has 11 heavy (non-hydrogen) atoms. The van der Waals surface area contributed by atoms with E-state index in [1.165, 1.54) is 4.88 Å². The van der Waals surface area contributed by atoms with Crippen LogP contribution < -0.4 is 5.73 Å². The molecule has 1 aliphatic rings. The first kappa shape index (κ1) is 6.90. The summed E-state index contributed by atoms with van der Waals surface area (Å²) in [5.74, 6) is 2.61. The summed E-state index contributed by atoms with van der Waals surface area (Å²) < 4.78 is 0. The lowest BCUT2D eigenvalue weighted by molar-refractivity contribution is 0.759. The summed E-state index contributed by atoms with van der Waals surface area (Å²) in [6, 6.07) is 4.01. The predicted octanol–water partition coefficient (Wildman–Crippen LogP) is 1.68. The fourth-order valence-electron chi connectivity index (χ4n) is 1.06. The van der Waals surface area contributed by atoms with Gasteiger partial charge in [-0.2, -0.15) is 0 Å². The second-order valence-corrected chi connectivity index (χ2v) is 4.05. The van der Waals surface area contributed by atoms with E-state index in [1.807, 2.05) is 12.1 Å². The number of thiophene rings is 1. The zero-order chi connectivity index (χ0) is 7.90. The van der Waals surface area contributed by atoms with Crippen LogP contribution in [0.15, 0.2) is 12.1 Å². The molecule has 0 aromatic carbocycles. The van der Waals surface area contributed by atoms with Crippen molar-refractivity contribution < 1.29 is 0 Å². The second kappa shape index (κ2) is 2.10. The number of terminal acetylenes is 1. The van der Waals surface area contributed by atoms with Crippen molar-refractivity contribution >= 4 is 11.3 Å². The monoisotopic (exact) mass is 163 g/mol. The van der Waals surface area contributed by atoms with Gasteiger partial charge in [0.05, 0.1) is 10.4 Å². The van der Waals surface area contributed by atoms with Crippen molar-refractivity contribution in [1.82, 2.24) is 0 Å². The van der Waals surface area contributed by atoms with Crippen LogP contribution in [0.5, 0.6) is 0 Å². The van der Waals surface area contributed by atoms with Crippen LogP contribution in [0.25, 0.3) is 0 Å². The van der Waals surface area contributed by atoms with E-state index < -0.39 is 0 Å². The highest BCUT2D eigenvalue weighted by Crippen LogP contribution is 2.45. The third-order valence-electron chi connectivity index (χ3n) is 2.03. The number of nitrogens with two attached hydrogens (primary N) is 1. The first-order chi connectivity index (χ1) is 5.24. The lowest BCUT2D eigenvalue weighted by atomic mass is 10.2. The molecule has 0 amide bonds. The largest absolute Gasteiger partial charge is 0.321 e. The smallest absolute Gasteiger partial charge is 0.0769 e. The molecular formula is C9H9NS. The van der Waals surface area contributed by atoms with Crippen LogP contribution in [0.3, 0.4) is 0 Å². The Balaban J connectivity index is 2.34. The maximum Gasteiger partial charge on any atom is 0.0769 e. The van der Waals surface area contributed by atoms with Crippen molar-refractivity contribution in [1.29, 1.82) is 0 Å². The first-order valence-corrected chi connectivity index (χ1v) is 4.42. The molecule has 1 fully saturated rings. The van der Waals surface area contributed by atoms with E-state index in [2.05, 4.69) is 5.92 Å². The third-order valence-corrected chi connectivity index (χ3v) is 3.26. The van der Waals surface area contributed by atoms with E-state index in [1.54, 1.807) is 11.3 Å². The normalized spacial score (nSPS) is 19.3. The quantitative estimate of drug-likeness (QED) is 0.626. The van der Waals surface area contributed by atoms with Crippen LogP contribution in [-0.4, -0.2) is 0 Å². The number of hydrogen-bond donors (Lipinski definition) is 1. The Bertz CT molecular complexity index is 315. The molecule has 1 nitrogen and oxygen atoms in total. The molecule has 1 heterocycles.